The van der Waals surface area contributed by atoms with Crippen molar-refractivity contribution in [3.63, 3.8) is 0 Å². The lowest BCUT2D eigenvalue weighted by molar-refractivity contribution is 0.374. The summed E-state index contributed by atoms with van der Waals surface area (Å²) < 4.78 is 0. The van der Waals surface area contributed by atoms with Crippen molar-refractivity contribution in [3.8, 4) is 0 Å². The Morgan fingerprint density at radius 2 is 2.04 bits per heavy atom. The van der Waals surface area contributed by atoms with Gasteiger partial charge in [0, 0.05) is 30.9 Å². The SMILES string of the molecule is Cc1cc(Nc2nc(N[C@@H]3C[C@@H]4CN(C)C[C@@H]4C3)nc3sccc23)n[nH]1. The standard InChI is InChI=1S/C18H23N7S/c1-10-5-15(24-23-10)20-16-14-3-4-26-17(14)22-18(21-16)19-13-6-11-8-25(2)9-12(11)7-13/h3-5,11-13H,6-9H2,1-2H3,(H3,19,20,21,22,23,24)/t11-,12+,13-. The van der Waals surface area contributed by atoms with Gasteiger partial charge in [-0.15, -0.1) is 11.3 Å². The number of fused-ring (bicyclic) bond motifs is 2. The van der Waals surface area contributed by atoms with Crippen LogP contribution in [0.15, 0.2) is 17.5 Å². The minimum absolute atomic E-state index is 0.469. The van der Waals surface area contributed by atoms with Crippen LogP contribution in [0, 0.1) is 18.8 Å². The van der Waals surface area contributed by atoms with Crippen molar-refractivity contribution in [1.29, 1.82) is 0 Å². The fourth-order valence-electron chi connectivity index (χ4n) is 4.45. The first kappa shape index (κ1) is 16.0. The molecule has 0 unspecified atom stereocenters. The molecule has 8 heteroatoms. The second kappa shape index (κ2) is 6.21. The van der Waals surface area contributed by atoms with Crippen LogP contribution in [-0.2, 0) is 0 Å². The topological polar surface area (TPSA) is 81.8 Å². The lowest BCUT2D eigenvalue weighted by atomic mass is 10.0. The Morgan fingerprint density at radius 3 is 2.77 bits per heavy atom. The van der Waals surface area contributed by atoms with E-state index in [1.807, 2.05) is 13.0 Å². The summed E-state index contributed by atoms with van der Waals surface area (Å²) in [6, 6.07) is 4.50. The zero-order valence-electron chi connectivity index (χ0n) is 15.0. The molecule has 0 amide bonds. The molecule has 1 aliphatic heterocycles. The molecule has 1 aliphatic carbocycles. The lowest BCUT2D eigenvalue weighted by Gasteiger charge is -2.16. The van der Waals surface area contributed by atoms with Gasteiger partial charge < -0.3 is 15.5 Å². The molecule has 3 N–H and O–H groups in total. The van der Waals surface area contributed by atoms with Gasteiger partial charge in [-0.25, -0.2) is 4.98 Å². The zero-order valence-corrected chi connectivity index (χ0v) is 15.8. The van der Waals surface area contributed by atoms with Gasteiger partial charge in [-0.1, -0.05) is 0 Å². The molecular formula is C18H23N7S. The summed E-state index contributed by atoms with van der Waals surface area (Å²) in [5, 5.41) is 17.2. The summed E-state index contributed by atoms with van der Waals surface area (Å²) in [7, 11) is 2.23. The van der Waals surface area contributed by atoms with Crippen LogP contribution < -0.4 is 10.6 Å². The molecule has 3 aromatic rings. The first-order valence-electron chi connectivity index (χ1n) is 9.13. The average molecular weight is 369 g/mol. The molecule has 0 bridgehead atoms. The Labute approximate surface area is 156 Å². The molecule has 7 nitrogen and oxygen atoms in total. The second-order valence-electron chi connectivity index (χ2n) is 7.65. The maximum atomic E-state index is 4.76. The minimum Gasteiger partial charge on any atom is -0.351 e. The number of likely N-dealkylation sites (tertiary alicyclic amines) is 1. The summed E-state index contributed by atoms with van der Waals surface area (Å²) in [5.41, 5.74) is 1.02. The van der Waals surface area contributed by atoms with Crippen LogP contribution in [0.5, 0.6) is 0 Å². The fourth-order valence-corrected chi connectivity index (χ4v) is 5.22. The smallest absolute Gasteiger partial charge is 0.226 e. The highest BCUT2D eigenvalue weighted by molar-refractivity contribution is 7.16. The Bertz CT molecular complexity index is 919. The molecule has 0 spiro atoms. The van der Waals surface area contributed by atoms with Gasteiger partial charge in [0.2, 0.25) is 5.95 Å². The molecule has 136 valence electrons. The summed E-state index contributed by atoms with van der Waals surface area (Å²) in [6.45, 7) is 4.43. The maximum Gasteiger partial charge on any atom is 0.226 e. The van der Waals surface area contributed by atoms with Gasteiger partial charge in [-0.05, 0) is 50.1 Å². The molecule has 3 aromatic heterocycles. The number of anilines is 3. The lowest BCUT2D eigenvalue weighted by Crippen LogP contribution is -2.23. The van der Waals surface area contributed by atoms with Crippen molar-refractivity contribution in [1.82, 2.24) is 25.1 Å². The summed E-state index contributed by atoms with van der Waals surface area (Å²) in [5.74, 6) is 3.93. The van der Waals surface area contributed by atoms with Crippen LogP contribution >= 0.6 is 11.3 Å². The first-order chi connectivity index (χ1) is 12.6. The number of H-pyrrole nitrogens is 1. The number of aryl methyl sites for hydroxylation is 1. The maximum absolute atomic E-state index is 4.76. The highest BCUT2D eigenvalue weighted by Crippen LogP contribution is 2.38. The van der Waals surface area contributed by atoms with Gasteiger partial charge in [0.25, 0.3) is 0 Å². The minimum atomic E-state index is 0.469. The van der Waals surface area contributed by atoms with Gasteiger partial charge in [0.1, 0.15) is 10.6 Å². The summed E-state index contributed by atoms with van der Waals surface area (Å²) in [6.07, 6.45) is 2.42. The average Bonchev–Trinajstić information content (AvgIpc) is 3.32. The predicted molar refractivity (Wildman–Crippen MR) is 105 cm³/mol. The molecule has 3 atom stereocenters. The summed E-state index contributed by atoms with van der Waals surface area (Å²) >= 11 is 1.64. The fraction of sp³-hybridized carbons (Fsp3) is 0.500. The number of nitrogens with zero attached hydrogens (tertiary/aromatic N) is 4. The quantitative estimate of drug-likeness (QED) is 0.655. The van der Waals surface area contributed by atoms with Crippen LogP contribution in [0.25, 0.3) is 10.2 Å². The normalized spacial score (nSPS) is 25.7. The second-order valence-corrected chi connectivity index (χ2v) is 8.55. The zero-order chi connectivity index (χ0) is 17.7. The van der Waals surface area contributed by atoms with Crippen molar-refractivity contribution < 1.29 is 0 Å². The molecule has 2 aliphatic rings. The Morgan fingerprint density at radius 1 is 1.23 bits per heavy atom. The molecule has 0 radical (unpaired) electrons. The number of hydrogen-bond acceptors (Lipinski definition) is 7. The number of nitrogens with one attached hydrogen (secondary N) is 3. The number of rotatable bonds is 4. The van der Waals surface area contributed by atoms with Crippen molar-refractivity contribution in [2.75, 3.05) is 30.8 Å². The van der Waals surface area contributed by atoms with E-state index in [1.165, 1.54) is 25.9 Å². The van der Waals surface area contributed by atoms with E-state index in [-0.39, 0.29) is 0 Å². The molecule has 1 saturated carbocycles. The number of aromatic amines is 1. The Kier molecular flexibility index (Phi) is 3.82. The molecule has 1 saturated heterocycles. The van der Waals surface area contributed by atoms with E-state index in [9.17, 15) is 0 Å². The number of aromatic nitrogens is 4. The van der Waals surface area contributed by atoms with E-state index in [1.54, 1.807) is 11.3 Å². The molecule has 26 heavy (non-hydrogen) atoms. The van der Waals surface area contributed by atoms with Crippen LogP contribution in [0.4, 0.5) is 17.6 Å². The molecule has 2 fully saturated rings. The highest BCUT2D eigenvalue weighted by atomic mass is 32.1. The predicted octanol–water partition coefficient (Wildman–Crippen LogP) is 3.22. The largest absolute Gasteiger partial charge is 0.351 e. The van der Waals surface area contributed by atoms with Crippen LogP contribution in [0.1, 0.15) is 18.5 Å². The van der Waals surface area contributed by atoms with Crippen molar-refractivity contribution in [2.45, 2.75) is 25.8 Å². The molecule has 5 rings (SSSR count). The molecular weight excluding hydrogens is 346 g/mol. The molecule has 4 heterocycles. The van der Waals surface area contributed by atoms with Crippen molar-refractivity contribution in [3.05, 3.63) is 23.2 Å². The van der Waals surface area contributed by atoms with E-state index >= 15 is 0 Å². The first-order valence-corrected chi connectivity index (χ1v) is 10.0. The van der Waals surface area contributed by atoms with E-state index in [0.29, 0.717) is 12.0 Å². The third-order valence-corrected chi connectivity index (χ3v) is 6.35. The highest BCUT2D eigenvalue weighted by Gasteiger charge is 2.39. The summed E-state index contributed by atoms with van der Waals surface area (Å²) in [4.78, 5) is 12.9. The third-order valence-electron chi connectivity index (χ3n) is 5.54. The van der Waals surface area contributed by atoms with E-state index in [2.05, 4.69) is 44.2 Å². The van der Waals surface area contributed by atoms with Gasteiger partial charge in [-0.2, -0.15) is 10.1 Å². The van der Waals surface area contributed by atoms with Gasteiger partial charge in [0.05, 0.1) is 5.39 Å². The Balaban J connectivity index is 1.38. The van der Waals surface area contributed by atoms with E-state index < -0.39 is 0 Å². The van der Waals surface area contributed by atoms with Gasteiger partial charge >= 0.3 is 0 Å². The van der Waals surface area contributed by atoms with E-state index in [4.69, 9.17) is 9.97 Å². The van der Waals surface area contributed by atoms with Crippen molar-refractivity contribution >= 4 is 39.1 Å². The molecule has 0 aromatic carbocycles. The third kappa shape index (κ3) is 2.93. The van der Waals surface area contributed by atoms with E-state index in [0.717, 1.165) is 39.4 Å². The number of thiophene rings is 1. The van der Waals surface area contributed by atoms with Crippen molar-refractivity contribution in [2.24, 2.45) is 11.8 Å². The monoisotopic (exact) mass is 369 g/mol. The number of hydrogen-bond donors (Lipinski definition) is 3. The van der Waals surface area contributed by atoms with Crippen LogP contribution in [-0.4, -0.2) is 51.2 Å². The van der Waals surface area contributed by atoms with Crippen LogP contribution in [0.3, 0.4) is 0 Å². The van der Waals surface area contributed by atoms with Crippen LogP contribution in [0.2, 0.25) is 0 Å². The van der Waals surface area contributed by atoms with Gasteiger partial charge in [0.15, 0.2) is 5.82 Å². The Hall–Kier alpha value is -2.19. The van der Waals surface area contributed by atoms with Gasteiger partial charge in [-0.3, -0.25) is 5.10 Å².